The summed E-state index contributed by atoms with van der Waals surface area (Å²) in [7, 11) is 0. The Kier molecular flexibility index (Phi) is 3.13. The molecular formula is C15H10F3N3. The molecule has 0 saturated heterocycles. The molecule has 6 heteroatoms. The van der Waals surface area contributed by atoms with Crippen LogP contribution in [0.4, 0.5) is 30.2 Å². The normalized spacial score (nSPS) is 10.8. The fourth-order valence-electron chi connectivity index (χ4n) is 2.07. The molecule has 21 heavy (non-hydrogen) atoms. The zero-order valence-corrected chi connectivity index (χ0v) is 10.7. The molecule has 0 amide bonds. The molecule has 3 aromatic rings. The van der Waals surface area contributed by atoms with Crippen LogP contribution in [-0.4, -0.2) is 4.98 Å². The molecule has 0 fully saturated rings. The van der Waals surface area contributed by atoms with Gasteiger partial charge in [-0.3, -0.25) is 4.98 Å². The third-order valence-corrected chi connectivity index (χ3v) is 3.08. The predicted octanol–water partition coefficient (Wildman–Crippen LogP) is 3.98. The first kappa shape index (κ1) is 13.2. The van der Waals surface area contributed by atoms with Crippen molar-refractivity contribution in [3.05, 3.63) is 60.0 Å². The van der Waals surface area contributed by atoms with E-state index in [4.69, 9.17) is 5.73 Å². The fourth-order valence-corrected chi connectivity index (χ4v) is 2.07. The van der Waals surface area contributed by atoms with Crippen LogP contribution in [-0.2, 0) is 0 Å². The summed E-state index contributed by atoms with van der Waals surface area (Å²) in [5, 5.41) is 3.39. The van der Waals surface area contributed by atoms with Gasteiger partial charge in [-0.2, -0.15) is 0 Å². The lowest BCUT2D eigenvalue weighted by Gasteiger charge is -2.11. The van der Waals surface area contributed by atoms with Gasteiger partial charge in [0.15, 0.2) is 11.6 Å². The third kappa shape index (κ3) is 2.35. The van der Waals surface area contributed by atoms with Crippen LogP contribution >= 0.6 is 0 Å². The number of rotatable bonds is 2. The molecule has 0 unspecified atom stereocenters. The number of fused-ring (bicyclic) bond motifs is 1. The zero-order valence-electron chi connectivity index (χ0n) is 10.7. The molecule has 0 aliphatic heterocycles. The van der Waals surface area contributed by atoms with Gasteiger partial charge in [0.1, 0.15) is 5.82 Å². The summed E-state index contributed by atoms with van der Waals surface area (Å²) >= 11 is 0. The zero-order chi connectivity index (χ0) is 15.0. The lowest BCUT2D eigenvalue weighted by atomic mass is 10.1. The molecule has 0 atom stereocenters. The number of nitrogens with zero attached hydrogens (tertiary/aromatic N) is 1. The molecule has 3 rings (SSSR count). The van der Waals surface area contributed by atoms with Crippen LogP contribution in [0.1, 0.15) is 0 Å². The Morgan fingerprint density at radius 3 is 2.48 bits per heavy atom. The highest BCUT2D eigenvalue weighted by Gasteiger charge is 2.11. The van der Waals surface area contributed by atoms with E-state index in [9.17, 15) is 13.2 Å². The molecule has 0 aliphatic rings. The van der Waals surface area contributed by atoms with Gasteiger partial charge >= 0.3 is 0 Å². The molecule has 0 radical (unpaired) electrons. The van der Waals surface area contributed by atoms with Gasteiger partial charge in [-0.1, -0.05) is 12.1 Å². The molecule has 0 aliphatic carbocycles. The maximum Gasteiger partial charge on any atom is 0.161 e. The average Bonchev–Trinajstić information content (AvgIpc) is 2.46. The van der Waals surface area contributed by atoms with Crippen molar-refractivity contribution in [1.29, 1.82) is 0 Å². The molecule has 1 aromatic heterocycles. The number of hydrogen-bond acceptors (Lipinski definition) is 3. The van der Waals surface area contributed by atoms with Crippen molar-refractivity contribution in [1.82, 2.24) is 4.98 Å². The molecule has 0 bridgehead atoms. The van der Waals surface area contributed by atoms with E-state index in [-0.39, 0.29) is 5.69 Å². The molecule has 106 valence electrons. The van der Waals surface area contributed by atoms with Crippen molar-refractivity contribution in [2.75, 3.05) is 11.1 Å². The maximum absolute atomic E-state index is 13.7. The van der Waals surface area contributed by atoms with Gasteiger partial charge in [0.25, 0.3) is 0 Å². The van der Waals surface area contributed by atoms with Gasteiger partial charge in [-0.05, 0) is 12.1 Å². The number of aromatic nitrogens is 1. The van der Waals surface area contributed by atoms with E-state index >= 15 is 0 Å². The topological polar surface area (TPSA) is 50.9 Å². The maximum atomic E-state index is 13.7. The van der Waals surface area contributed by atoms with Crippen molar-refractivity contribution >= 4 is 28.0 Å². The second kappa shape index (κ2) is 4.97. The highest BCUT2D eigenvalue weighted by atomic mass is 19.2. The second-order valence-electron chi connectivity index (χ2n) is 4.47. The molecule has 2 aromatic carbocycles. The van der Waals surface area contributed by atoms with E-state index < -0.39 is 17.5 Å². The summed E-state index contributed by atoms with van der Waals surface area (Å²) in [5.74, 6) is -3.25. The summed E-state index contributed by atoms with van der Waals surface area (Å²) in [6.07, 6.45) is 1.50. The Morgan fingerprint density at radius 1 is 0.905 bits per heavy atom. The fraction of sp³-hybridized carbons (Fsp3) is 0. The van der Waals surface area contributed by atoms with Crippen LogP contribution in [0, 0.1) is 17.5 Å². The summed E-state index contributed by atoms with van der Waals surface area (Å²) in [4.78, 5) is 4.14. The predicted molar refractivity (Wildman–Crippen MR) is 75.8 cm³/mol. The van der Waals surface area contributed by atoms with E-state index in [1.807, 2.05) is 0 Å². The number of nitrogens with two attached hydrogens (primary N) is 1. The number of anilines is 3. The molecule has 1 heterocycles. The highest BCUT2D eigenvalue weighted by Crippen LogP contribution is 2.29. The lowest BCUT2D eigenvalue weighted by Crippen LogP contribution is -1.99. The monoisotopic (exact) mass is 289 g/mol. The summed E-state index contributed by atoms with van der Waals surface area (Å²) in [6, 6.07) is 8.03. The smallest absolute Gasteiger partial charge is 0.161 e. The van der Waals surface area contributed by atoms with Gasteiger partial charge in [-0.25, -0.2) is 13.2 Å². The van der Waals surface area contributed by atoms with Gasteiger partial charge in [0.2, 0.25) is 0 Å². The van der Waals surface area contributed by atoms with E-state index in [1.165, 1.54) is 6.20 Å². The Hall–Kier alpha value is -2.76. The van der Waals surface area contributed by atoms with Crippen molar-refractivity contribution in [2.45, 2.75) is 0 Å². The van der Waals surface area contributed by atoms with Gasteiger partial charge in [-0.15, -0.1) is 0 Å². The van der Waals surface area contributed by atoms with E-state index in [2.05, 4.69) is 10.3 Å². The average molecular weight is 289 g/mol. The van der Waals surface area contributed by atoms with E-state index in [0.29, 0.717) is 28.3 Å². The number of benzene rings is 2. The third-order valence-electron chi connectivity index (χ3n) is 3.08. The Bertz CT molecular complexity index is 834. The quantitative estimate of drug-likeness (QED) is 0.554. The first-order valence-corrected chi connectivity index (χ1v) is 6.11. The Labute approximate surface area is 118 Å². The SMILES string of the molecule is Nc1cccc2c(Nc3cc(F)c(F)cc3F)ccnc12. The molecule has 0 spiro atoms. The van der Waals surface area contributed by atoms with Crippen molar-refractivity contribution in [3.63, 3.8) is 0 Å². The number of para-hydroxylation sites is 1. The van der Waals surface area contributed by atoms with Crippen LogP contribution in [0.15, 0.2) is 42.6 Å². The lowest BCUT2D eigenvalue weighted by molar-refractivity contribution is 0.496. The van der Waals surface area contributed by atoms with E-state index in [1.54, 1.807) is 24.3 Å². The van der Waals surface area contributed by atoms with E-state index in [0.717, 1.165) is 6.07 Å². The van der Waals surface area contributed by atoms with Crippen LogP contribution in [0.25, 0.3) is 10.9 Å². The van der Waals surface area contributed by atoms with Crippen molar-refractivity contribution < 1.29 is 13.2 Å². The standard InChI is InChI=1S/C15H10F3N3/c16-9-6-11(18)14(7-10(9)17)21-13-4-5-20-15-8(13)2-1-3-12(15)19/h1-7H,19H2,(H,20,21). The number of pyridine rings is 1. The second-order valence-corrected chi connectivity index (χ2v) is 4.47. The highest BCUT2D eigenvalue weighted by molar-refractivity contribution is 5.98. The number of nitrogen functional groups attached to an aromatic ring is 1. The minimum atomic E-state index is -1.23. The number of nitrogens with one attached hydrogen (secondary N) is 1. The van der Waals surface area contributed by atoms with Crippen molar-refractivity contribution in [3.8, 4) is 0 Å². The van der Waals surface area contributed by atoms with Crippen LogP contribution in [0.2, 0.25) is 0 Å². The summed E-state index contributed by atoms with van der Waals surface area (Å²) in [6.45, 7) is 0. The van der Waals surface area contributed by atoms with Crippen LogP contribution in [0.5, 0.6) is 0 Å². The first-order chi connectivity index (χ1) is 10.1. The van der Waals surface area contributed by atoms with Crippen molar-refractivity contribution in [2.24, 2.45) is 0 Å². The first-order valence-electron chi connectivity index (χ1n) is 6.11. The molecular weight excluding hydrogens is 279 g/mol. The molecule has 0 saturated carbocycles. The number of hydrogen-bond donors (Lipinski definition) is 2. The Balaban J connectivity index is 2.11. The number of halogens is 3. The minimum Gasteiger partial charge on any atom is -0.397 e. The molecule has 3 N–H and O–H groups in total. The van der Waals surface area contributed by atoms with Crippen LogP contribution < -0.4 is 11.1 Å². The minimum absolute atomic E-state index is 0.163. The molecule has 3 nitrogen and oxygen atoms in total. The largest absolute Gasteiger partial charge is 0.397 e. The Morgan fingerprint density at radius 2 is 1.67 bits per heavy atom. The van der Waals surface area contributed by atoms with Gasteiger partial charge in [0, 0.05) is 29.4 Å². The van der Waals surface area contributed by atoms with Crippen LogP contribution in [0.3, 0.4) is 0 Å². The van der Waals surface area contributed by atoms with Gasteiger partial charge in [0.05, 0.1) is 16.9 Å². The summed E-state index contributed by atoms with van der Waals surface area (Å²) < 4.78 is 39.8. The summed E-state index contributed by atoms with van der Waals surface area (Å²) in [5.41, 5.74) is 7.17. The van der Waals surface area contributed by atoms with Gasteiger partial charge < -0.3 is 11.1 Å².